The highest BCUT2D eigenvalue weighted by Crippen LogP contribution is 2.25. The van der Waals surface area contributed by atoms with Crippen LogP contribution in [0.25, 0.3) is 0 Å². The minimum Gasteiger partial charge on any atom is -0.466 e. The summed E-state index contributed by atoms with van der Waals surface area (Å²) in [5.74, 6) is -1.49. The highest BCUT2D eigenvalue weighted by molar-refractivity contribution is 5.92. The molecule has 36 heavy (non-hydrogen) atoms. The second kappa shape index (κ2) is 13.8. The number of nitrogens with one attached hydrogen (secondary N) is 2. The van der Waals surface area contributed by atoms with E-state index in [1.165, 1.54) is 4.90 Å². The Labute approximate surface area is 215 Å². The highest BCUT2D eigenvalue weighted by atomic mass is 16.6. The molecule has 1 aromatic rings. The summed E-state index contributed by atoms with van der Waals surface area (Å²) in [6, 6.07) is 3.75. The quantitative estimate of drug-likeness (QED) is 0.442. The van der Waals surface area contributed by atoms with Gasteiger partial charge in [-0.1, -0.05) is 32.0 Å². The molecule has 2 N–H and O–H groups in total. The van der Waals surface area contributed by atoms with Crippen molar-refractivity contribution in [1.82, 2.24) is 15.5 Å². The van der Waals surface area contributed by atoms with Gasteiger partial charge in [0.25, 0.3) is 0 Å². The minimum absolute atomic E-state index is 0.0219. The maximum Gasteiger partial charge on any atom is 0.408 e. The summed E-state index contributed by atoms with van der Waals surface area (Å²) in [4.78, 5) is 52.8. The van der Waals surface area contributed by atoms with Crippen molar-refractivity contribution >= 4 is 23.9 Å². The number of rotatable bonds is 11. The maximum absolute atomic E-state index is 13.8. The molecule has 2 unspecified atom stereocenters. The number of esters is 1. The van der Waals surface area contributed by atoms with Gasteiger partial charge in [0, 0.05) is 13.1 Å². The average molecular weight is 506 g/mol. The number of ether oxygens (including phenoxy) is 2. The van der Waals surface area contributed by atoms with E-state index in [0.29, 0.717) is 5.56 Å². The number of aryl methyl sites for hydroxylation is 2. The van der Waals surface area contributed by atoms with Crippen LogP contribution in [0.15, 0.2) is 18.2 Å². The summed E-state index contributed by atoms with van der Waals surface area (Å²) in [5.41, 5.74) is 1.95. The van der Waals surface area contributed by atoms with Gasteiger partial charge in [-0.15, -0.1) is 0 Å². The molecule has 1 rings (SSSR count). The average Bonchev–Trinajstić information content (AvgIpc) is 2.76. The molecule has 9 heteroatoms. The van der Waals surface area contributed by atoms with Crippen molar-refractivity contribution in [1.29, 1.82) is 0 Å². The second-order valence-corrected chi connectivity index (χ2v) is 10.1. The van der Waals surface area contributed by atoms with Crippen LogP contribution in [0.5, 0.6) is 0 Å². The van der Waals surface area contributed by atoms with E-state index < -0.39 is 41.6 Å². The van der Waals surface area contributed by atoms with Crippen LogP contribution in [0, 0.1) is 19.8 Å². The molecular weight excluding hydrogens is 462 g/mol. The van der Waals surface area contributed by atoms with E-state index in [2.05, 4.69) is 10.6 Å². The van der Waals surface area contributed by atoms with Crippen molar-refractivity contribution in [3.8, 4) is 0 Å². The van der Waals surface area contributed by atoms with Gasteiger partial charge in [-0.2, -0.15) is 0 Å². The highest BCUT2D eigenvalue weighted by Gasteiger charge is 2.36. The molecule has 0 aliphatic rings. The van der Waals surface area contributed by atoms with Crippen LogP contribution in [-0.2, 0) is 23.9 Å². The molecule has 202 valence electrons. The minimum atomic E-state index is -0.953. The molecule has 0 saturated carbocycles. The Hall–Kier alpha value is -3.10. The Kier molecular flexibility index (Phi) is 11.9. The lowest BCUT2D eigenvalue weighted by molar-refractivity contribution is -0.144. The number of likely N-dealkylation sites (N-methyl/N-ethyl adjacent to an activating group) is 1. The standard InChI is InChI=1S/C27H43N3O6/c1-10-30(25(33)22(17(3)4)29-26(34)36-27(7,8)9)23(20-13-12-18(5)19(6)16-20)24(32)28-15-14-21(31)35-11-2/h12-13,16-17,22-23H,10-11,14-15H2,1-9H3,(H,28,32)(H,29,34). The third-order valence-electron chi connectivity index (χ3n) is 5.57. The number of alkyl carbamates (subject to hydrolysis) is 1. The molecule has 0 aliphatic heterocycles. The van der Waals surface area contributed by atoms with Crippen LogP contribution < -0.4 is 10.6 Å². The SMILES string of the molecule is CCOC(=O)CCNC(=O)C(c1ccc(C)c(C)c1)N(CC)C(=O)C(NC(=O)OC(C)(C)C)C(C)C. The Morgan fingerprint density at radius 2 is 1.67 bits per heavy atom. The van der Waals surface area contributed by atoms with E-state index in [1.807, 2.05) is 45.9 Å². The Balaban J connectivity index is 3.30. The summed E-state index contributed by atoms with van der Waals surface area (Å²) in [7, 11) is 0. The van der Waals surface area contributed by atoms with Gasteiger partial charge in [-0.3, -0.25) is 14.4 Å². The maximum atomic E-state index is 13.8. The first-order valence-electron chi connectivity index (χ1n) is 12.5. The van der Waals surface area contributed by atoms with E-state index in [9.17, 15) is 19.2 Å². The number of nitrogens with zero attached hydrogens (tertiary/aromatic N) is 1. The number of benzene rings is 1. The van der Waals surface area contributed by atoms with E-state index in [0.717, 1.165) is 11.1 Å². The predicted octanol–water partition coefficient (Wildman–Crippen LogP) is 3.81. The molecule has 0 fully saturated rings. The van der Waals surface area contributed by atoms with Crippen LogP contribution >= 0.6 is 0 Å². The van der Waals surface area contributed by atoms with Gasteiger partial charge in [-0.25, -0.2) is 4.79 Å². The first-order chi connectivity index (χ1) is 16.7. The van der Waals surface area contributed by atoms with E-state index >= 15 is 0 Å². The fourth-order valence-corrected chi connectivity index (χ4v) is 3.62. The van der Waals surface area contributed by atoms with Crippen molar-refractivity contribution in [3.63, 3.8) is 0 Å². The van der Waals surface area contributed by atoms with Crippen molar-refractivity contribution < 1.29 is 28.7 Å². The molecule has 0 radical (unpaired) electrons. The largest absolute Gasteiger partial charge is 0.466 e. The lowest BCUT2D eigenvalue weighted by Crippen LogP contribution is -2.54. The summed E-state index contributed by atoms with van der Waals surface area (Å²) in [6.45, 7) is 16.8. The zero-order valence-electron chi connectivity index (χ0n) is 23.2. The molecule has 1 aromatic carbocycles. The Bertz CT molecular complexity index is 923. The number of hydrogen-bond donors (Lipinski definition) is 2. The molecule has 0 aromatic heterocycles. The predicted molar refractivity (Wildman–Crippen MR) is 138 cm³/mol. The summed E-state index contributed by atoms with van der Waals surface area (Å²) in [6.07, 6.45) is -0.680. The first-order valence-corrected chi connectivity index (χ1v) is 12.5. The normalized spacial score (nSPS) is 12.9. The number of carbonyl (C=O) groups is 4. The molecule has 0 saturated heterocycles. The van der Waals surface area contributed by atoms with Crippen LogP contribution in [0.1, 0.15) is 77.6 Å². The number of amides is 3. The lowest BCUT2D eigenvalue weighted by Gasteiger charge is -2.35. The van der Waals surface area contributed by atoms with E-state index in [1.54, 1.807) is 34.6 Å². The first kappa shape index (κ1) is 30.9. The lowest BCUT2D eigenvalue weighted by atomic mass is 9.96. The molecule has 9 nitrogen and oxygen atoms in total. The smallest absolute Gasteiger partial charge is 0.408 e. The fraction of sp³-hybridized carbons (Fsp3) is 0.630. The van der Waals surface area contributed by atoms with Crippen LogP contribution in [-0.4, -0.2) is 60.1 Å². The van der Waals surface area contributed by atoms with Gasteiger partial charge in [0.1, 0.15) is 17.7 Å². The van der Waals surface area contributed by atoms with Crippen molar-refractivity contribution in [2.24, 2.45) is 5.92 Å². The fourth-order valence-electron chi connectivity index (χ4n) is 3.62. The molecule has 2 atom stereocenters. The zero-order valence-corrected chi connectivity index (χ0v) is 23.2. The van der Waals surface area contributed by atoms with Gasteiger partial charge in [0.05, 0.1) is 13.0 Å². The van der Waals surface area contributed by atoms with Crippen LogP contribution in [0.3, 0.4) is 0 Å². The Morgan fingerprint density at radius 1 is 1.03 bits per heavy atom. The zero-order chi connectivity index (χ0) is 27.6. The van der Waals surface area contributed by atoms with E-state index in [4.69, 9.17) is 9.47 Å². The molecule has 0 aliphatic carbocycles. The molecule has 3 amide bonds. The Morgan fingerprint density at radius 3 is 2.17 bits per heavy atom. The summed E-state index contributed by atoms with van der Waals surface area (Å²) >= 11 is 0. The summed E-state index contributed by atoms with van der Waals surface area (Å²) in [5, 5.41) is 5.45. The third kappa shape index (κ3) is 9.51. The van der Waals surface area contributed by atoms with E-state index in [-0.39, 0.29) is 32.0 Å². The van der Waals surface area contributed by atoms with Gasteiger partial charge in [-0.05, 0) is 71.1 Å². The third-order valence-corrected chi connectivity index (χ3v) is 5.57. The number of hydrogen-bond acceptors (Lipinski definition) is 6. The van der Waals surface area contributed by atoms with Crippen molar-refractivity contribution in [2.45, 2.75) is 86.4 Å². The molecular formula is C27H43N3O6. The molecule has 0 spiro atoms. The molecule has 0 heterocycles. The van der Waals surface area contributed by atoms with Gasteiger partial charge in [0.15, 0.2) is 0 Å². The van der Waals surface area contributed by atoms with Gasteiger partial charge >= 0.3 is 12.1 Å². The van der Waals surface area contributed by atoms with Gasteiger partial charge < -0.3 is 25.0 Å². The second-order valence-electron chi connectivity index (χ2n) is 10.1. The number of carbonyl (C=O) groups excluding carboxylic acids is 4. The van der Waals surface area contributed by atoms with Crippen molar-refractivity contribution in [2.75, 3.05) is 19.7 Å². The monoisotopic (exact) mass is 505 g/mol. The van der Waals surface area contributed by atoms with Gasteiger partial charge in [0.2, 0.25) is 11.8 Å². The van der Waals surface area contributed by atoms with Crippen LogP contribution in [0.4, 0.5) is 4.79 Å². The van der Waals surface area contributed by atoms with Crippen LogP contribution in [0.2, 0.25) is 0 Å². The van der Waals surface area contributed by atoms with Crippen molar-refractivity contribution in [3.05, 3.63) is 34.9 Å². The topological polar surface area (TPSA) is 114 Å². The summed E-state index contributed by atoms with van der Waals surface area (Å²) < 4.78 is 10.3. The molecule has 0 bridgehead atoms.